The first-order chi connectivity index (χ1) is 6.94. The lowest BCUT2D eigenvalue weighted by molar-refractivity contribution is 0.0696. The number of carbonyl (C=O) groups is 1. The molecule has 1 rings (SSSR count). The minimum atomic E-state index is -3.80. The third-order valence-electron chi connectivity index (χ3n) is 1.67. The summed E-state index contributed by atoms with van der Waals surface area (Å²) in [4.78, 5) is 11.7. The number of rotatable bonds is 4. The minimum Gasteiger partial charge on any atom is -0.478 e. The molecule has 0 saturated carbocycles. The van der Waals surface area contributed by atoms with Gasteiger partial charge in [0, 0.05) is 0 Å². The molecule has 0 unspecified atom stereocenters. The van der Waals surface area contributed by atoms with Crippen LogP contribution in [0, 0.1) is 0 Å². The SMILES string of the molecule is O=C(O)c1cccc(CS(=O)(=O)NO)c1. The van der Waals surface area contributed by atoms with Crippen LogP contribution in [0.4, 0.5) is 0 Å². The van der Waals surface area contributed by atoms with Gasteiger partial charge in [-0.15, -0.1) is 0 Å². The summed E-state index contributed by atoms with van der Waals surface area (Å²) in [6.45, 7) is 0. The van der Waals surface area contributed by atoms with Crippen molar-refractivity contribution in [3.8, 4) is 0 Å². The van der Waals surface area contributed by atoms with Crippen LogP contribution in [-0.4, -0.2) is 24.7 Å². The second kappa shape index (κ2) is 4.39. The number of benzene rings is 1. The van der Waals surface area contributed by atoms with E-state index in [0.717, 1.165) is 4.89 Å². The van der Waals surface area contributed by atoms with Gasteiger partial charge >= 0.3 is 5.97 Å². The molecule has 82 valence electrons. The number of carboxylic acids is 1. The average Bonchev–Trinajstić information content (AvgIpc) is 2.17. The molecule has 0 aliphatic rings. The van der Waals surface area contributed by atoms with Gasteiger partial charge in [-0.2, -0.15) is 0 Å². The molecule has 0 fully saturated rings. The Balaban J connectivity index is 2.97. The highest BCUT2D eigenvalue weighted by molar-refractivity contribution is 7.88. The normalized spacial score (nSPS) is 11.3. The molecule has 0 heterocycles. The van der Waals surface area contributed by atoms with Crippen molar-refractivity contribution < 1.29 is 23.5 Å². The van der Waals surface area contributed by atoms with E-state index in [4.69, 9.17) is 10.3 Å². The van der Waals surface area contributed by atoms with Crippen LogP contribution in [0.2, 0.25) is 0 Å². The van der Waals surface area contributed by atoms with Crippen molar-refractivity contribution >= 4 is 16.0 Å². The van der Waals surface area contributed by atoms with Crippen molar-refractivity contribution in [2.45, 2.75) is 5.75 Å². The summed E-state index contributed by atoms with van der Waals surface area (Å²) in [7, 11) is -3.80. The summed E-state index contributed by atoms with van der Waals surface area (Å²) in [5.41, 5.74) is 0.289. The van der Waals surface area contributed by atoms with E-state index in [1.54, 1.807) is 0 Å². The molecule has 0 aliphatic carbocycles. The Morgan fingerprint density at radius 3 is 2.60 bits per heavy atom. The van der Waals surface area contributed by atoms with E-state index >= 15 is 0 Å². The molecule has 0 bridgehead atoms. The second-order valence-corrected chi connectivity index (χ2v) is 4.56. The molecule has 0 radical (unpaired) electrons. The highest BCUT2D eigenvalue weighted by Crippen LogP contribution is 2.08. The standard InChI is InChI=1S/C8H9NO5S/c10-8(11)7-3-1-2-6(4-7)5-15(13,14)9-12/h1-4,9,12H,5H2,(H,10,11). The number of carboxylic acid groups (broad SMARTS) is 1. The van der Waals surface area contributed by atoms with Gasteiger partial charge in [-0.3, -0.25) is 0 Å². The molecule has 1 aromatic carbocycles. The molecule has 0 atom stereocenters. The zero-order valence-corrected chi connectivity index (χ0v) is 8.36. The van der Waals surface area contributed by atoms with Crippen LogP contribution in [0.3, 0.4) is 0 Å². The van der Waals surface area contributed by atoms with E-state index in [0.29, 0.717) is 0 Å². The first-order valence-corrected chi connectivity index (χ1v) is 5.55. The van der Waals surface area contributed by atoms with Crippen LogP contribution in [-0.2, 0) is 15.8 Å². The maximum Gasteiger partial charge on any atom is 0.335 e. The van der Waals surface area contributed by atoms with Gasteiger partial charge in [0.25, 0.3) is 0 Å². The summed E-state index contributed by atoms with van der Waals surface area (Å²) in [6.07, 6.45) is 0. The molecule has 15 heavy (non-hydrogen) atoms. The maximum absolute atomic E-state index is 10.9. The third-order valence-corrected chi connectivity index (χ3v) is 2.66. The fourth-order valence-corrected chi connectivity index (χ4v) is 1.73. The first kappa shape index (κ1) is 11.6. The van der Waals surface area contributed by atoms with Gasteiger partial charge in [-0.1, -0.05) is 17.0 Å². The molecular formula is C8H9NO5S. The Morgan fingerprint density at radius 1 is 1.40 bits per heavy atom. The smallest absolute Gasteiger partial charge is 0.335 e. The predicted molar refractivity (Wildman–Crippen MR) is 50.9 cm³/mol. The zero-order chi connectivity index (χ0) is 11.5. The average molecular weight is 231 g/mol. The Hall–Kier alpha value is -1.44. The molecule has 0 amide bonds. The fraction of sp³-hybridized carbons (Fsp3) is 0.125. The zero-order valence-electron chi connectivity index (χ0n) is 7.54. The lowest BCUT2D eigenvalue weighted by Gasteiger charge is -2.02. The van der Waals surface area contributed by atoms with Crippen LogP contribution in [0.25, 0.3) is 0 Å². The number of aromatic carboxylic acids is 1. The topological polar surface area (TPSA) is 104 Å². The van der Waals surface area contributed by atoms with Gasteiger partial charge in [0.2, 0.25) is 10.0 Å². The van der Waals surface area contributed by atoms with Crippen molar-refractivity contribution in [1.29, 1.82) is 0 Å². The lowest BCUT2D eigenvalue weighted by Crippen LogP contribution is -2.21. The Bertz CT molecular complexity index is 468. The lowest BCUT2D eigenvalue weighted by atomic mass is 10.1. The Labute approximate surface area is 86.2 Å². The molecule has 6 nitrogen and oxygen atoms in total. The Morgan fingerprint density at radius 2 is 2.07 bits per heavy atom. The summed E-state index contributed by atoms with van der Waals surface area (Å²) < 4.78 is 21.9. The second-order valence-electron chi connectivity index (χ2n) is 2.86. The number of hydrogen-bond donors (Lipinski definition) is 3. The van der Waals surface area contributed by atoms with Gasteiger partial charge in [-0.05, 0) is 17.7 Å². The molecule has 3 N–H and O–H groups in total. The highest BCUT2D eigenvalue weighted by atomic mass is 32.2. The van der Waals surface area contributed by atoms with Gasteiger partial charge in [-0.25, -0.2) is 13.2 Å². The molecule has 1 aromatic rings. The van der Waals surface area contributed by atoms with E-state index in [-0.39, 0.29) is 11.1 Å². The van der Waals surface area contributed by atoms with Crippen LogP contribution >= 0.6 is 0 Å². The van der Waals surface area contributed by atoms with E-state index < -0.39 is 21.7 Å². The molecule has 0 aromatic heterocycles. The predicted octanol–water partition coefficient (Wildman–Crippen LogP) is 0.193. The van der Waals surface area contributed by atoms with Crippen molar-refractivity contribution in [2.24, 2.45) is 0 Å². The molecule has 0 spiro atoms. The highest BCUT2D eigenvalue weighted by Gasteiger charge is 2.11. The van der Waals surface area contributed by atoms with Crippen LogP contribution in [0.5, 0.6) is 0 Å². The van der Waals surface area contributed by atoms with Gasteiger partial charge in [0.05, 0.1) is 11.3 Å². The number of nitrogens with one attached hydrogen (secondary N) is 1. The van der Waals surface area contributed by atoms with Crippen molar-refractivity contribution in [1.82, 2.24) is 4.89 Å². The van der Waals surface area contributed by atoms with Gasteiger partial charge in [0.1, 0.15) is 0 Å². The maximum atomic E-state index is 10.9. The van der Waals surface area contributed by atoms with Gasteiger partial charge < -0.3 is 10.3 Å². The van der Waals surface area contributed by atoms with E-state index in [1.807, 2.05) is 0 Å². The largest absolute Gasteiger partial charge is 0.478 e. The summed E-state index contributed by atoms with van der Waals surface area (Å²) in [5, 5.41) is 16.9. The number of hydrogen-bond acceptors (Lipinski definition) is 4. The van der Waals surface area contributed by atoms with Crippen molar-refractivity contribution in [3.05, 3.63) is 35.4 Å². The quantitative estimate of drug-likeness (QED) is 0.642. The summed E-state index contributed by atoms with van der Waals surface area (Å²) >= 11 is 0. The van der Waals surface area contributed by atoms with Gasteiger partial charge in [0.15, 0.2) is 0 Å². The molecule has 0 saturated heterocycles. The van der Waals surface area contributed by atoms with E-state index in [9.17, 15) is 13.2 Å². The third kappa shape index (κ3) is 3.31. The van der Waals surface area contributed by atoms with Crippen molar-refractivity contribution in [3.63, 3.8) is 0 Å². The number of sulfonamides is 1. The molecule has 0 aliphatic heterocycles. The molecule has 7 heteroatoms. The van der Waals surface area contributed by atoms with E-state index in [1.165, 1.54) is 24.3 Å². The summed E-state index contributed by atoms with van der Waals surface area (Å²) in [6, 6.07) is 5.48. The van der Waals surface area contributed by atoms with Crippen LogP contribution in [0.15, 0.2) is 24.3 Å². The monoisotopic (exact) mass is 231 g/mol. The van der Waals surface area contributed by atoms with E-state index in [2.05, 4.69) is 0 Å². The fourth-order valence-electron chi connectivity index (χ4n) is 1.05. The van der Waals surface area contributed by atoms with Crippen LogP contribution in [0.1, 0.15) is 15.9 Å². The molecular weight excluding hydrogens is 222 g/mol. The van der Waals surface area contributed by atoms with Crippen LogP contribution < -0.4 is 4.89 Å². The minimum absolute atomic E-state index is 0.000592. The summed E-state index contributed by atoms with van der Waals surface area (Å²) in [5.74, 6) is -1.60. The first-order valence-electron chi connectivity index (χ1n) is 3.90. The van der Waals surface area contributed by atoms with Crippen molar-refractivity contribution in [2.75, 3.05) is 0 Å². The Kier molecular flexibility index (Phi) is 3.40.